The lowest BCUT2D eigenvalue weighted by molar-refractivity contribution is -0.164. The fraction of sp³-hybridized carbons (Fsp3) is 0.917. The Morgan fingerprint density at radius 1 is 1.39 bits per heavy atom. The molecular formula is C12H21F3N2O. The molecule has 0 heterocycles. The van der Waals surface area contributed by atoms with Crippen LogP contribution >= 0.6 is 0 Å². The molecular weight excluding hydrogens is 245 g/mol. The summed E-state index contributed by atoms with van der Waals surface area (Å²) in [5, 5.41) is 0. The Balaban J connectivity index is 2.60. The molecule has 0 spiro atoms. The summed E-state index contributed by atoms with van der Waals surface area (Å²) >= 11 is 0. The third-order valence-corrected chi connectivity index (χ3v) is 3.53. The van der Waals surface area contributed by atoms with Gasteiger partial charge >= 0.3 is 6.18 Å². The van der Waals surface area contributed by atoms with Gasteiger partial charge in [-0.1, -0.05) is 6.42 Å². The van der Waals surface area contributed by atoms with Crippen LogP contribution < -0.4 is 5.73 Å². The molecule has 0 aromatic carbocycles. The van der Waals surface area contributed by atoms with Gasteiger partial charge in [0.15, 0.2) is 0 Å². The van der Waals surface area contributed by atoms with Crippen LogP contribution in [0.5, 0.6) is 0 Å². The van der Waals surface area contributed by atoms with Crippen LogP contribution in [0.3, 0.4) is 0 Å². The normalized spacial score (nSPS) is 24.9. The molecule has 0 radical (unpaired) electrons. The fourth-order valence-corrected chi connectivity index (χ4v) is 2.55. The lowest BCUT2D eigenvalue weighted by Gasteiger charge is -2.32. The number of nitrogens with two attached hydrogens (primary N) is 1. The van der Waals surface area contributed by atoms with Gasteiger partial charge in [0.05, 0.1) is 0 Å². The molecule has 1 fully saturated rings. The zero-order valence-electron chi connectivity index (χ0n) is 10.7. The van der Waals surface area contributed by atoms with Crippen molar-refractivity contribution < 1.29 is 18.0 Å². The zero-order valence-corrected chi connectivity index (χ0v) is 10.7. The molecule has 2 atom stereocenters. The Morgan fingerprint density at radius 3 is 2.56 bits per heavy atom. The maximum Gasteiger partial charge on any atom is 0.406 e. The van der Waals surface area contributed by atoms with Gasteiger partial charge in [-0.3, -0.25) is 4.79 Å². The number of amides is 1. The summed E-state index contributed by atoms with van der Waals surface area (Å²) in [6.07, 6.45) is -1.16. The Kier molecular flexibility index (Phi) is 5.44. The molecule has 2 N–H and O–H groups in total. The predicted molar refractivity (Wildman–Crippen MR) is 62.8 cm³/mol. The van der Waals surface area contributed by atoms with Crippen molar-refractivity contribution in [2.75, 3.05) is 19.6 Å². The van der Waals surface area contributed by atoms with E-state index in [-0.39, 0.29) is 24.3 Å². The van der Waals surface area contributed by atoms with Crippen LogP contribution in [0.2, 0.25) is 0 Å². The second-order valence-electron chi connectivity index (χ2n) is 4.93. The van der Waals surface area contributed by atoms with Crippen LogP contribution in [0.4, 0.5) is 13.2 Å². The first-order valence-corrected chi connectivity index (χ1v) is 6.43. The highest BCUT2D eigenvalue weighted by Crippen LogP contribution is 2.30. The Morgan fingerprint density at radius 2 is 2.06 bits per heavy atom. The average Bonchev–Trinajstić information content (AvgIpc) is 2.34. The largest absolute Gasteiger partial charge is 0.406 e. The molecule has 1 saturated carbocycles. The molecule has 1 aliphatic rings. The van der Waals surface area contributed by atoms with Gasteiger partial charge in [0.2, 0.25) is 5.91 Å². The van der Waals surface area contributed by atoms with E-state index in [9.17, 15) is 18.0 Å². The van der Waals surface area contributed by atoms with Crippen LogP contribution in [-0.2, 0) is 4.79 Å². The number of hydrogen-bond donors (Lipinski definition) is 1. The highest BCUT2D eigenvalue weighted by Gasteiger charge is 2.36. The predicted octanol–water partition coefficient (Wildman–Crippen LogP) is 2.16. The standard InChI is InChI=1S/C12H21F3N2O/c1-2-17(8-12(13,14)15)11(18)10-5-3-4-9(6-10)7-16/h9-10H,2-8,16H2,1H3. The minimum Gasteiger partial charge on any atom is -0.334 e. The van der Waals surface area contributed by atoms with Crippen molar-refractivity contribution in [2.45, 2.75) is 38.8 Å². The monoisotopic (exact) mass is 266 g/mol. The van der Waals surface area contributed by atoms with Crippen molar-refractivity contribution in [3.8, 4) is 0 Å². The van der Waals surface area contributed by atoms with E-state index < -0.39 is 12.7 Å². The quantitative estimate of drug-likeness (QED) is 0.847. The average molecular weight is 266 g/mol. The maximum atomic E-state index is 12.3. The molecule has 6 heteroatoms. The first-order valence-electron chi connectivity index (χ1n) is 6.43. The first-order chi connectivity index (χ1) is 8.37. The summed E-state index contributed by atoms with van der Waals surface area (Å²) in [4.78, 5) is 13.0. The molecule has 0 bridgehead atoms. The van der Waals surface area contributed by atoms with Crippen LogP contribution in [0.15, 0.2) is 0 Å². The molecule has 0 aromatic heterocycles. The van der Waals surface area contributed by atoms with Gasteiger partial charge in [-0.25, -0.2) is 0 Å². The smallest absolute Gasteiger partial charge is 0.334 e. The minimum absolute atomic E-state index is 0.0993. The number of rotatable bonds is 4. The summed E-state index contributed by atoms with van der Waals surface area (Å²) < 4.78 is 37.0. The minimum atomic E-state index is -4.33. The summed E-state index contributed by atoms with van der Waals surface area (Å²) in [5.41, 5.74) is 5.57. The highest BCUT2D eigenvalue weighted by molar-refractivity contribution is 5.79. The summed E-state index contributed by atoms with van der Waals surface area (Å²) in [6, 6.07) is 0. The van der Waals surface area contributed by atoms with Gasteiger partial charge in [-0.2, -0.15) is 13.2 Å². The van der Waals surface area contributed by atoms with E-state index in [4.69, 9.17) is 5.73 Å². The molecule has 18 heavy (non-hydrogen) atoms. The maximum absolute atomic E-state index is 12.3. The highest BCUT2D eigenvalue weighted by atomic mass is 19.4. The Hall–Kier alpha value is -0.780. The Bertz CT molecular complexity index is 281. The molecule has 3 nitrogen and oxygen atoms in total. The summed E-state index contributed by atoms with van der Waals surface area (Å²) in [5.74, 6) is -0.375. The van der Waals surface area contributed by atoms with Crippen molar-refractivity contribution in [1.82, 2.24) is 4.90 Å². The van der Waals surface area contributed by atoms with E-state index in [1.807, 2.05) is 0 Å². The molecule has 2 unspecified atom stereocenters. The first kappa shape index (κ1) is 15.3. The lowest BCUT2D eigenvalue weighted by Crippen LogP contribution is -2.43. The lowest BCUT2D eigenvalue weighted by atomic mass is 9.81. The second kappa shape index (κ2) is 6.41. The van der Waals surface area contributed by atoms with Crippen molar-refractivity contribution in [3.05, 3.63) is 0 Å². The molecule has 0 saturated heterocycles. The van der Waals surface area contributed by atoms with Crippen molar-refractivity contribution >= 4 is 5.91 Å². The molecule has 0 aromatic rings. The molecule has 0 aliphatic heterocycles. The van der Waals surface area contributed by atoms with Crippen LogP contribution in [0.25, 0.3) is 0 Å². The van der Waals surface area contributed by atoms with Crippen LogP contribution in [0, 0.1) is 11.8 Å². The van der Waals surface area contributed by atoms with Gasteiger partial charge in [-0.15, -0.1) is 0 Å². The number of nitrogens with zero attached hydrogens (tertiary/aromatic N) is 1. The van der Waals surface area contributed by atoms with E-state index in [1.165, 1.54) is 0 Å². The van der Waals surface area contributed by atoms with Gasteiger partial charge in [0.1, 0.15) is 6.54 Å². The zero-order chi connectivity index (χ0) is 13.8. The molecule has 106 valence electrons. The van der Waals surface area contributed by atoms with Crippen LogP contribution in [-0.4, -0.2) is 36.6 Å². The van der Waals surface area contributed by atoms with Crippen molar-refractivity contribution in [3.63, 3.8) is 0 Å². The second-order valence-corrected chi connectivity index (χ2v) is 4.93. The van der Waals surface area contributed by atoms with Crippen molar-refractivity contribution in [1.29, 1.82) is 0 Å². The molecule has 1 aliphatic carbocycles. The van der Waals surface area contributed by atoms with Crippen molar-refractivity contribution in [2.24, 2.45) is 17.6 Å². The van der Waals surface area contributed by atoms with Gasteiger partial charge in [0, 0.05) is 12.5 Å². The fourth-order valence-electron chi connectivity index (χ4n) is 2.55. The third-order valence-electron chi connectivity index (χ3n) is 3.53. The number of carbonyl (C=O) groups is 1. The summed E-state index contributed by atoms with van der Waals surface area (Å²) in [7, 11) is 0. The number of carbonyl (C=O) groups excluding carboxylic acids is 1. The van der Waals surface area contributed by atoms with Gasteiger partial charge in [0.25, 0.3) is 0 Å². The number of alkyl halides is 3. The summed E-state index contributed by atoms with van der Waals surface area (Å²) in [6.45, 7) is 1.04. The number of hydrogen-bond acceptors (Lipinski definition) is 2. The van der Waals surface area contributed by atoms with E-state index in [0.717, 1.165) is 17.7 Å². The molecule has 1 amide bonds. The Labute approximate surface area is 106 Å². The van der Waals surface area contributed by atoms with E-state index in [2.05, 4.69) is 0 Å². The van der Waals surface area contributed by atoms with E-state index in [1.54, 1.807) is 6.92 Å². The van der Waals surface area contributed by atoms with Gasteiger partial charge < -0.3 is 10.6 Å². The number of halogens is 3. The van der Waals surface area contributed by atoms with Crippen LogP contribution in [0.1, 0.15) is 32.6 Å². The van der Waals surface area contributed by atoms with E-state index in [0.29, 0.717) is 19.4 Å². The SMILES string of the molecule is CCN(CC(F)(F)F)C(=O)C1CCCC(CN)C1. The third kappa shape index (κ3) is 4.48. The van der Waals surface area contributed by atoms with Gasteiger partial charge in [-0.05, 0) is 38.6 Å². The van der Waals surface area contributed by atoms with E-state index >= 15 is 0 Å². The topological polar surface area (TPSA) is 46.3 Å². The molecule has 1 rings (SSSR count).